The monoisotopic (exact) mass is 343 g/mol. The Balaban J connectivity index is 1.80. The molecule has 0 unspecified atom stereocenters. The molecule has 0 heterocycles. The highest BCUT2D eigenvalue weighted by Gasteiger charge is 2.08. The lowest BCUT2D eigenvalue weighted by atomic mass is 10.2. The highest BCUT2D eigenvalue weighted by Crippen LogP contribution is 2.16. The first-order valence-electron chi connectivity index (χ1n) is 7.51. The van der Waals surface area contributed by atoms with Crippen molar-refractivity contribution in [1.29, 1.82) is 0 Å². The van der Waals surface area contributed by atoms with Crippen LogP contribution in [-0.2, 0) is 9.63 Å². The summed E-state index contributed by atoms with van der Waals surface area (Å²) in [6.07, 6.45) is 1.47. The molecule has 0 spiro atoms. The van der Waals surface area contributed by atoms with Crippen LogP contribution in [0.2, 0.25) is 0 Å². The van der Waals surface area contributed by atoms with Crippen LogP contribution in [0.25, 0.3) is 0 Å². The molecule has 0 aliphatic carbocycles. The first-order valence-corrected chi connectivity index (χ1v) is 7.51. The van der Waals surface area contributed by atoms with E-state index in [2.05, 4.69) is 10.5 Å². The minimum atomic E-state index is -0.534. The van der Waals surface area contributed by atoms with Gasteiger partial charge in [0.1, 0.15) is 5.75 Å². The first-order chi connectivity index (χ1) is 12.1. The molecule has 0 aliphatic heterocycles. The van der Waals surface area contributed by atoms with Gasteiger partial charge in [0.05, 0.1) is 17.7 Å². The van der Waals surface area contributed by atoms with Gasteiger partial charge in [-0.1, -0.05) is 11.2 Å². The Morgan fingerprint density at radius 1 is 1.28 bits per heavy atom. The molecule has 1 amide bonds. The van der Waals surface area contributed by atoms with Gasteiger partial charge in [-0.2, -0.15) is 0 Å². The van der Waals surface area contributed by atoms with E-state index in [0.717, 1.165) is 11.3 Å². The number of hydrogen-bond acceptors (Lipinski definition) is 6. The molecule has 0 radical (unpaired) electrons. The average molecular weight is 343 g/mol. The number of rotatable bonds is 8. The second-order valence-electron chi connectivity index (χ2n) is 4.87. The minimum absolute atomic E-state index is 0.104. The zero-order chi connectivity index (χ0) is 18.1. The summed E-state index contributed by atoms with van der Waals surface area (Å²) in [5.41, 5.74) is 1.01. The highest BCUT2D eigenvalue weighted by atomic mass is 16.6. The summed E-state index contributed by atoms with van der Waals surface area (Å²) in [4.78, 5) is 26.8. The number of nitrogens with one attached hydrogen (secondary N) is 1. The molecule has 8 nitrogen and oxygen atoms in total. The Kier molecular flexibility index (Phi) is 6.47. The number of anilines is 1. The Hall–Kier alpha value is -3.42. The van der Waals surface area contributed by atoms with Crippen LogP contribution in [0.5, 0.6) is 5.75 Å². The van der Waals surface area contributed by atoms with E-state index in [0.29, 0.717) is 12.3 Å². The van der Waals surface area contributed by atoms with Crippen molar-refractivity contribution in [2.75, 3.05) is 18.5 Å². The number of non-ortho nitro benzene ring substituents is 1. The summed E-state index contributed by atoms with van der Waals surface area (Å²) in [6, 6.07) is 12.9. The van der Waals surface area contributed by atoms with E-state index in [4.69, 9.17) is 9.57 Å². The van der Waals surface area contributed by atoms with Crippen LogP contribution < -0.4 is 10.1 Å². The Labute approximate surface area is 144 Å². The Morgan fingerprint density at radius 2 is 2.04 bits per heavy atom. The zero-order valence-corrected chi connectivity index (χ0v) is 13.5. The molecular formula is C17H17N3O5. The van der Waals surface area contributed by atoms with Gasteiger partial charge in [0, 0.05) is 17.8 Å². The maximum atomic E-state index is 11.7. The number of oxime groups is 1. The highest BCUT2D eigenvalue weighted by molar-refractivity contribution is 5.92. The summed E-state index contributed by atoms with van der Waals surface area (Å²) in [5.74, 6) is 0.293. The molecule has 2 aromatic carbocycles. The molecule has 0 bridgehead atoms. The Morgan fingerprint density at radius 3 is 2.72 bits per heavy atom. The van der Waals surface area contributed by atoms with Crippen molar-refractivity contribution < 1.29 is 19.3 Å². The molecule has 0 atom stereocenters. The molecule has 0 aromatic heterocycles. The number of nitro benzene ring substituents is 1. The van der Waals surface area contributed by atoms with Crippen molar-refractivity contribution in [1.82, 2.24) is 0 Å². The van der Waals surface area contributed by atoms with Crippen LogP contribution in [0.15, 0.2) is 53.7 Å². The summed E-state index contributed by atoms with van der Waals surface area (Å²) in [6.45, 7) is 2.19. The third-order valence-corrected chi connectivity index (χ3v) is 3.00. The second kappa shape index (κ2) is 9.02. The van der Waals surface area contributed by atoms with E-state index in [1.807, 2.05) is 6.92 Å². The first kappa shape index (κ1) is 17.9. The van der Waals surface area contributed by atoms with Crippen molar-refractivity contribution >= 4 is 23.5 Å². The molecular weight excluding hydrogens is 326 g/mol. The molecule has 130 valence electrons. The second-order valence-corrected chi connectivity index (χ2v) is 4.87. The predicted octanol–water partition coefficient (Wildman–Crippen LogP) is 2.98. The molecule has 0 aliphatic rings. The lowest BCUT2D eigenvalue weighted by Gasteiger charge is -2.04. The number of nitro groups is 1. The third-order valence-electron chi connectivity index (χ3n) is 3.00. The topological polar surface area (TPSA) is 103 Å². The van der Waals surface area contributed by atoms with Crippen LogP contribution in [0.3, 0.4) is 0 Å². The summed E-state index contributed by atoms with van der Waals surface area (Å²) >= 11 is 0. The average Bonchev–Trinajstić information content (AvgIpc) is 2.60. The van der Waals surface area contributed by atoms with Crippen LogP contribution >= 0.6 is 0 Å². The van der Waals surface area contributed by atoms with Crippen molar-refractivity contribution in [3.63, 3.8) is 0 Å². The van der Waals surface area contributed by atoms with Gasteiger partial charge in [0.15, 0.2) is 6.61 Å². The van der Waals surface area contributed by atoms with E-state index in [1.165, 1.54) is 24.4 Å². The van der Waals surface area contributed by atoms with Gasteiger partial charge in [0.2, 0.25) is 0 Å². The van der Waals surface area contributed by atoms with Crippen LogP contribution in [0, 0.1) is 10.1 Å². The molecule has 2 aromatic rings. The number of hydrogen-bond donors (Lipinski definition) is 1. The van der Waals surface area contributed by atoms with Crippen molar-refractivity contribution in [2.45, 2.75) is 6.92 Å². The zero-order valence-electron chi connectivity index (χ0n) is 13.5. The number of amides is 1. The minimum Gasteiger partial charge on any atom is -0.494 e. The normalized spacial score (nSPS) is 10.4. The van der Waals surface area contributed by atoms with Crippen LogP contribution in [0.1, 0.15) is 12.5 Å². The predicted molar refractivity (Wildman–Crippen MR) is 92.9 cm³/mol. The fourth-order valence-corrected chi connectivity index (χ4v) is 1.91. The standard InChI is InChI=1S/C17H17N3O5/c1-2-24-16-8-6-13(7-9-16)11-18-25-12-17(21)19-14-4-3-5-15(10-14)20(22)23/h3-11H,2,12H2,1H3,(H,19,21)/b18-11+. The van der Waals surface area contributed by atoms with Gasteiger partial charge < -0.3 is 14.9 Å². The third kappa shape index (κ3) is 5.94. The Bertz CT molecular complexity index is 759. The SMILES string of the molecule is CCOc1ccc(/C=N/OCC(=O)Nc2cccc([N+](=O)[O-])c2)cc1. The fourth-order valence-electron chi connectivity index (χ4n) is 1.91. The number of nitrogens with zero attached hydrogens (tertiary/aromatic N) is 2. The van der Waals surface area contributed by atoms with Crippen molar-refractivity contribution in [3.8, 4) is 5.75 Å². The molecule has 0 fully saturated rings. The number of carbonyl (C=O) groups excluding carboxylic acids is 1. The van der Waals surface area contributed by atoms with E-state index in [-0.39, 0.29) is 12.3 Å². The van der Waals surface area contributed by atoms with E-state index >= 15 is 0 Å². The number of benzene rings is 2. The fraction of sp³-hybridized carbons (Fsp3) is 0.176. The maximum Gasteiger partial charge on any atom is 0.271 e. The molecule has 2 rings (SSSR count). The van der Waals surface area contributed by atoms with Crippen LogP contribution in [0.4, 0.5) is 11.4 Å². The quantitative estimate of drug-likeness (QED) is 0.451. The summed E-state index contributed by atoms with van der Waals surface area (Å²) in [7, 11) is 0. The van der Waals surface area contributed by atoms with E-state index in [9.17, 15) is 14.9 Å². The summed E-state index contributed by atoms with van der Waals surface area (Å²) < 4.78 is 5.33. The molecule has 0 saturated carbocycles. The van der Waals surface area contributed by atoms with Gasteiger partial charge >= 0.3 is 0 Å². The van der Waals surface area contributed by atoms with Crippen molar-refractivity contribution in [2.24, 2.45) is 5.16 Å². The smallest absolute Gasteiger partial charge is 0.271 e. The number of ether oxygens (including phenoxy) is 1. The maximum absolute atomic E-state index is 11.7. The molecule has 0 saturated heterocycles. The number of carbonyl (C=O) groups is 1. The van der Waals surface area contributed by atoms with Gasteiger partial charge in [-0.3, -0.25) is 14.9 Å². The molecule has 25 heavy (non-hydrogen) atoms. The lowest BCUT2D eigenvalue weighted by Crippen LogP contribution is -2.17. The van der Waals surface area contributed by atoms with Gasteiger partial charge in [-0.05, 0) is 42.8 Å². The van der Waals surface area contributed by atoms with Gasteiger partial charge in [0.25, 0.3) is 11.6 Å². The largest absolute Gasteiger partial charge is 0.494 e. The van der Waals surface area contributed by atoms with E-state index < -0.39 is 10.8 Å². The molecule has 8 heteroatoms. The van der Waals surface area contributed by atoms with E-state index in [1.54, 1.807) is 30.3 Å². The van der Waals surface area contributed by atoms with Crippen molar-refractivity contribution in [3.05, 3.63) is 64.2 Å². The molecule has 1 N–H and O–H groups in total. The van der Waals surface area contributed by atoms with Gasteiger partial charge in [-0.15, -0.1) is 0 Å². The summed E-state index contributed by atoms with van der Waals surface area (Å²) in [5, 5.41) is 16.9. The lowest BCUT2D eigenvalue weighted by molar-refractivity contribution is -0.384. The van der Waals surface area contributed by atoms with Crippen LogP contribution in [-0.4, -0.2) is 30.3 Å². The van der Waals surface area contributed by atoms with Gasteiger partial charge in [-0.25, -0.2) is 0 Å².